The van der Waals surface area contributed by atoms with Crippen LogP contribution in [-0.2, 0) is 11.8 Å². The third kappa shape index (κ3) is 2.93. The standard InChI is InChI=1S/C14H16N2O3/c1-16-11-6-3-2-5-10(11)9-12(16)14(19)15-8-4-7-13(17)18/h2-3,5-6,9H,4,7-8H2,1H3,(H,15,19)(H,17,18). The molecule has 1 aromatic heterocycles. The molecule has 0 unspecified atom stereocenters. The van der Waals surface area contributed by atoms with E-state index >= 15 is 0 Å². The molecule has 0 fully saturated rings. The Morgan fingerprint density at radius 3 is 2.74 bits per heavy atom. The van der Waals surface area contributed by atoms with E-state index in [1.54, 1.807) is 0 Å². The molecule has 0 atom stereocenters. The van der Waals surface area contributed by atoms with Crippen molar-refractivity contribution >= 4 is 22.8 Å². The first-order chi connectivity index (χ1) is 9.09. The molecule has 100 valence electrons. The van der Waals surface area contributed by atoms with Crippen LogP contribution in [0.4, 0.5) is 0 Å². The van der Waals surface area contributed by atoms with Crippen molar-refractivity contribution in [2.24, 2.45) is 7.05 Å². The number of aliphatic carboxylic acids is 1. The van der Waals surface area contributed by atoms with Gasteiger partial charge in [-0.2, -0.15) is 0 Å². The van der Waals surface area contributed by atoms with Crippen molar-refractivity contribution in [1.29, 1.82) is 0 Å². The van der Waals surface area contributed by atoms with Gasteiger partial charge in [-0.05, 0) is 18.6 Å². The second kappa shape index (κ2) is 5.56. The number of hydrogen-bond donors (Lipinski definition) is 2. The molecule has 0 bridgehead atoms. The Kier molecular flexibility index (Phi) is 3.85. The van der Waals surface area contributed by atoms with Gasteiger partial charge in [-0.3, -0.25) is 9.59 Å². The van der Waals surface area contributed by atoms with E-state index in [9.17, 15) is 9.59 Å². The van der Waals surface area contributed by atoms with Crippen LogP contribution in [0, 0.1) is 0 Å². The second-order valence-corrected chi connectivity index (χ2v) is 4.40. The Bertz CT molecular complexity index is 616. The van der Waals surface area contributed by atoms with Gasteiger partial charge in [0.15, 0.2) is 0 Å². The topological polar surface area (TPSA) is 71.3 Å². The molecule has 2 N–H and O–H groups in total. The van der Waals surface area contributed by atoms with Gasteiger partial charge in [0, 0.05) is 30.9 Å². The largest absolute Gasteiger partial charge is 0.481 e. The van der Waals surface area contributed by atoms with E-state index in [2.05, 4.69) is 5.32 Å². The number of hydrogen-bond acceptors (Lipinski definition) is 2. The van der Waals surface area contributed by atoms with Gasteiger partial charge in [0.25, 0.3) is 5.91 Å². The first kappa shape index (κ1) is 13.1. The number of carbonyl (C=O) groups is 2. The summed E-state index contributed by atoms with van der Waals surface area (Å²) in [6.07, 6.45) is 0.500. The number of aryl methyl sites for hydroxylation is 1. The van der Waals surface area contributed by atoms with Gasteiger partial charge in [-0.15, -0.1) is 0 Å². The van der Waals surface area contributed by atoms with Gasteiger partial charge in [-0.1, -0.05) is 18.2 Å². The van der Waals surface area contributed by atoms with Crippen LogP contribution in [-0.4, -0.2) is 28.1 Å². The Hall–Kier alpha value is -2.30. The van der Waals surface area contributed by atoms with Crippen molar-refractivity contribution < 1.29 is 14.7 Å². The number of nitrogens with one attached hydrogen (secondary N) is 1. The average molecular weight is 260 g/mol. The number of carboxylic acids is 1. The zero-order valence-electron chi connectivity index (χ0n) is 10.7. The van der Waals surface area contributed by atoms with E-state index < -0.39 is 5.97 Å². The first-order valence-electron chi connectivity index (χ1n) is 6.14. The highest BCUT2D eigenvalue weighted by atomic mass is 16.4. The number of carbonyl (C=O) groups excluding carboxylic acids is 1. The van der Waals surface area contributed by atoms with E-state index in [-0.39, 0.29) is 12.3 Å². The quantitative estimate of drug-likeness (QED) is 0.805. The smallest absolute Gasteiger partial charge is 0.303 e. The molecule has 0 aliphatic rings. The molecule has 2 rings (SSSR count). The third-order valence-corrected chi connectivity index (χ3v) is 3.04. The third-order valence-electron chi connectivity index (χ3n) is 3.04. The number of carboxylic acid groups (broad SMARTS) is 1. The van der Waals surface area contributed by atoms with Crippen molar-refractivity contribution in [3.63, 3.8) is 0 Å². The highest BCUT2D eigenvalue weighted by Gasteiger charge is 2.12. The number of nitrogens with zero attached hydrogens (tertiary/aromatic N) is 1. The van der Waals surface area contributed by atoms with Gasteiger partial charge >= 0.3 is 5.97 Å². The summed E-state index contributed by atoms with van der Waals surface area (Å²) in [6, 6.07) is 9.60. The minimum atomic E-state index is -0.848. The molecule has 2 aromatic rings. The molecule has 0 saturated heterocycles. The number of benzene rings is 1. The van der Waals surface area contributed by atoms with Crippen LogP contribution in [0.15, 0.2) is 30.3 Å². The van der Waals surface area contributed by atoms with E-state index in [1.807, 2.05) is 41.9 Å². The maximum atomic E-state index is 12.0. The summed E-state index contributed by atoms with van der Waals surface area (Å²) in [5.74, 6) is -1.03. The lowest BCUT2D eigenvalue weighted by Crippen LogP contribution is -2.26. The minimum absolute atomic E-state index is 0.0649. The van der Waals surface area contributed by atoms with Crippen molar-refractivity contribution in [2.75, 3.05) is 6.54 Å². The van der Waals surface area contributed by atoms with Crippen LogP contribution in [0.1, 0.15) is 23.3 Å². The summed E-state index contributed by atoms with van der Waals surface area (Å²) in [4.78, 5) is 22.4. The molecule has 5 heteroatoms. The highest BCUT2D eigenvalue weighted by Crippen LogP contribution is 2.17. The van der Waals surface area contributed by atoms with Crippen LogP contribution in [0.5, 0.6) is 0 Å². The summed E-state index contributed by atoms with van der Waals surface area (Å²) >= 11 is 0. The number of amides is 1. The molecule has 0 radical (unpaired) electrons. The normalized spacial score (nSPS) is 10.6. The van der Waals surface area contributed by atoms with Crippen LogP contribution in [0.3, 0.4) is 0 Å². The predicted octanol–water partition coefficient (Wildman–Crippen LogP) is 1.77. The minimum Gasteiger partial charge on any atom is -0.481 e. The Morgan fingerprint density at radius 2 is 2.05 bits per heavy atom. The molecule has 0 aliphatic heterocycles. The van der Waals surface area contributed by atoms with Crippen LogP contribution < -0.4 is 5.32 Å². The number of aromatic nitrogens is 1. The van der Waals surface area contributed by atoms with Gasteiger partial charge in [0.05, 0.1) is 0 Å². The fourth-order valence-corrected chi connectivity index (χ4v) is 2.04. The molecule has 19 heavy (non-hydrogen) atoms. The number of para-hydroxylation sites is 1. The fraction of sp³-hybridized carbons (Fsp3) is 0.286. The lowest BCUT2D eigenvalue weighted by atomic mass is 10.2. The molecule has 1 amide bonds. The van der Waals surface area contributed by atoms with Crippen LogP contribution in [0.25, 0.3) is 10.9 Å². The molecule has 1 heterocycles. The first-order valence-corrected chi connectivity index (χ1v) is 6.14. The van der Waals surface area contributed by atoms with Gasteiger partial charge < -0.3 is 15.0 Å². The summed E-state index contributed by atoms with van der Waals surface area (Å²) in [5, 5.41) is 12.3. The Balaban J connectivity index is 2.05. The maximum absolute atomic E-state index is 12.0. The number of rotatable bonds is 5. The van der Waals surface area contributed by atoms with Crippen molar-refractivity contribution in [2.45, 2.75) is 12.8 Å². The SMILES string of the molecule is Cn1c(C(=O)NCCCC(=O)O)cc2ccccc21. The second-order valence-electron chi connectivity index (χ2n) is 4.40. The van der Waals surface area contributed by atoms with Gasteiger partial charge in [0.2, 0.25) is 0 Å². The van der Waals surface area contributed by atoms with Crippen LogP contribution >= 0.6 is 0 Å². The summed E-state index contributed by atoms with van der Waals surface area (Å²) < 4.78 is 1.84. The molecule has 5 nitrogen and oxygen atoms in total. The average Bonchev–Trinajstić information content (AvgIpc) is 2.72. The summed E-state index contributed by atoms with van der Waals surface area (Å²) in [7, 11) is 1.84. The Labute approximate surface area is 110 Å². The van der Waals surface area contributed by atoms with E-state index in [4.69, 9.17) is 5.11 Å². The lowest BCUT2D eigenvalue weighted by Gasteiger charge is -2.05. The van der Waals surface area contributed by atoms with E-state index in [0.29, 0.717) is 18.7 Å². The molecule has 0 saturated carbocycles. The summed E-state index contributed by atoms with van der Waals surface area (Å²) in [6.45, 7) is 0.368. The molecular weight excluding hydrogens is 244 g/mol. The maximum Gasteiger partial charge on any atom is 0.303 e. The van der Waals surface area contributed by atoms with E-state index in [0.717, 1.165) is 10.9 Å². The fourth-order valence-electron chi connectivity index (χ4n) is 2.04. The van der Waals surface area contributed by atoms with E-state index in [1.165, 1.54) is 0 Å². The van der Waals surface area contributed by atoms with Gasteiger partial charge in [-0.25, -0.2) is 0 Å². The Morgan fingerprint density at radius 1 is 1.32 bits per heavy atom. The summed E-state index contributed by atoms with van der Waals surface area (Å²) in [5.41, 5.74) is 1.58. The molecule has 1 aromatic carbocycles. The lowest BCUT2D eigenvalue weighted by molar-refractivity contribution is -0.137. The van der Waals surface area contributed by atoms with Crippen molar-refractivity contribution in [3.8, 4) is 0 Å². The monoisotopic (exact) mass is 260 g/mol. The molecular formula is C14H16N2O3. The number of fused-ring (bicyclic) bond motifs is 1. The molecule has 0 spiro atoms. The van der Waals surface area contributed by atoms with Gasteiger partial charge in [0.1, 0.15) is 5.69 Å². The zero-order valence-corrected chi connectivity index (χ0v) is 10.7. The highest BCUT2D eigenvalue weighted by molar-refractivity contribution is 5.98. The predicted molar refractivity (Wildman–Crippen MR) is 72.1 cm³/mol. The molecule has 0 aliphatic carbocycles. The van der Waals surface area contributed by atoms with Crippen molar-refractivity contribution in [3.05, 3.63) is 36.0 Å². The van der Waals surface area contributed by atoms with Crippen molar-refractivity contribution in [1.82, 2.24) is 9.88 Å². The zero-order chi connectivity index (χ0) is 13.8. The van der Waals surface area contributed by atoms with Crippen LogP contribution in [0.2, 0.25) is 0 Å².